The van der Waals surface area contributed by atoms with Crippen molar-refractivity contribution in [2.75, 3.05) is 6.61 Å². The largest absolute Gasteiger partial charge is 0.460 e. The van der Waals surface area contributed by atoms with Crippen LogP contribution in [0.2, 0.25) is 0 Å². The molecule has 0 spiro atoms. The number of pyridine rings is 1. The first-order valence-electron chi connectivity index (χ1n) is 4.64. The van der Waals surface area contributed by atoms with Gasteiger partial charge in [0.2, 0.25) is 0 Å². The molecule has 0 fully saturated rings. The molecule has 0 atom stereocenters. The summed E-state index contributed by atoms with van der Waals surface area (Å²) >= 11 is 0. The number of aromatic nitrogens is 1. The molecule has 1 aromatic rings. The van der Waals surface area contributed by atoms with Gasteiger partial charge in [-0.25, -0.2) is 4.79 Å². The monoisotopic (exact) mass is 231 g/mol. The summed E-state index contributed by atoms with van der Waals surface area (Å²) in [7, 11) is 0. The van der Waals surface area contributed by atoms with Crippen molar-refractivity contribution in [3.63, 3.8) is 0 Å². The van der Waals surface area contributed by atoms with E-state index in [1.54, 1.807) is 12.1 Å². The highest BCUT2D eigenvalue weighted by Gasteiger charge is 2.42. The van der Waals surface area contributed by atoms with Crippen LogP contribution in [0.4, 0.5) is 8.78 Å². The summed E-state index contributed by atoms with van der Waals surface area (Å²) < 4.78 is 34.3. The molecule has 0 saturated carbocycles. The van der Waals surface area contributed by atoms with Crippen LogP contribution in [0, 0.1) is 0 Å². The third kappa shape index (κ3) is 3.54. The maximum atomic E-state index is 13.0. The Labute approximate surface area is 91.2 Å². The summed E-state index contributed by atoms with van der Waals surface area (Å²) in [5.41, 5.74) is 0.450. The van der Waals surface area contributed by atoms with Crippen LogP contribution in [-0.4, -0.2) is 23.7 Å². The van der Waals surface area contributed by atoms with Crippen LogP contribution in [0.5, 0.6) is 0 Å². The van der Waals surface area contributed by atoms with Gasteiger partial charge in [0.05, 0.1) is 13.2 Å². The van der Waals surface area contributed by atoms with Gasteiger partial charge in [-0.05, 0) is 18.6 Å². The van der Waals surface area contributed by atoms with E-state index in [4.69, 9.17) is 0 Å². The molecule has 0 unspecified atom stereocenters. The summed E-state index contributed by atoms with van der Waals surface area (Å²) in [6.45, 7) is 0.916. The Balaban J connectivity index is 2.51. The first-order chi connectivity index (χ1) is 7.56. The van der Waals surface area contributed by atoms with Gasteiger partial charge in [0, 0.05) is 12.4 Å². The molecule has 1 aromatic heterocycles. The van der Waals surface area contributed by atoms with Crippen LogP contribution in [0.3, 0.4) is 0 Å². The number of carbonyl (C=O) groups is 1. The van der Waals surface area contributed by atoms with Crippen molar-refractivity contribution in [3.8, 4) is 0 Å². The van der Waals surface area contributed by atoms with Crippen molar-refractivity contribution in [2.24, 2.45) is 0 Å². The van der Waals surface area contributed by atoms with Gasteiger partial charge in [0.1, 0.15) is 0 Å². The van der Waals surface area contributed by atoms with Crippen LogP contribution in [0.1, 0.15) is 12.5 Å². The van der Waals surface area contributed by atoms with Crippen LogP contribution >= 0.6 is 0 Å². The SMILES string of the molecule is CCOC(=O)C(F)(F)OCc1cccnc1. The standard InChI is InChI=1S/C10H11F2NO3/c1-2-15-9(14)10(11,12)16-7-8-4-3-5-13-6-8/h3-6H,2,7H2,1H3. The Hall–Kier alpha value is -1.56. The quantitative estimate of drug-likeness (QED) is 0.724. The lowest BCUT2D eigenvalue weighted by atomic mass is 10.3. The molecule has 1 heterocycles. The van der Waals surface area contributed by atoms with Crippen molar-refractivity contribution >= 4 is 5.97 Å². The van der Waals surface area contributed by atoms with Crippen LogP contribution in [-0.2, 0) is 20.9 Å². The Morgan fingerprint density at radius 3 is 2.88 bits per heavy atom. The predicted octanol–water partition coefficient (Wildman–Crippen LogP) is 1.75. The van der Waals surface area contributed by atoms with E-state index < -0.39 is 18.7 Å². The highest BCUT2D eigenvalue weighted by molar-refractivity contribution is 5.75. The predicted molar refractivity (Wildman–Crippen MR) is 50.6 cm³/mol. The van der Waals surface area contributed by atoms with Gasteiger partial charge >= 0.3 is 12.1 Å². The maximum Gasteiger partial charge on any atom is 0.456 e. The second kappa shape index (κ2) is 5.50. The Kier molecular flexibility index (Phi) is 4.30. The lowest BCUT2D eigenvalue weighted by Gasteiger charge is -2.14. The van der Waals surface area contributed by atoms with E-state index in [2.05, 4.69) is 14.5 Å². The second-order valence-corrected chi connectivity index (χ2v) is 2.89. The Morgan fingerprint density at radius 1 is 1.56 bits per heavy atom. The fourth-order valence-corrected chi connectivity index (χ4v) is 0.932. The number of rotatable bonds is 5. The summed E-state index contributed by atoms with van der Waals surface area (Å²) in [4.78, 5) is 14.5. The normalized spacial score (nSPS) is 11.2. The lowest BCUT2D eigenvalue weighted by molar-refractivity contribution is -0.254. The molecule has 4 nitrogen and oxygen atoms in total. The molecule has 6 heteroatoms. The van der Waals surface area contributed by atoms with Gasteiger partial charge in [-0.3, -0.25) is 4.98 Å². The van der Waals surface area contributed by atoms with Crippen molar-refractivity contribution in [1.29, 1.82) is 0 Å². The molecule has 0 aromatic carbocycles. The van der Waals surface area contributed by atoms with Crippen molar-refractivity contribution in [2.45, 2.75) is 19.6 Å². The number of hydrogen-bond donors (Lipinski definition) is 0. The number of ether oxygens (including phenoxy) is 2. The number of alkyl halides is 2. The summed E-state index contributed by atoms with van der Waals surface area (Å²) in [5.74, 6) is -1.68. The van der Waals surface area contributed by atoms with Gasteiger partial charge in [-0.1, -0.05) is 6.07 Å². The first-order valence-corrected chi connectivity index (χ1v) is 4.64. The van der Waals surface area contributed by atoms with Crippen molar-refractivity contribution in [3.05, 3.63) is 30.1 Å². The van der Waals surface area contributed by atoms with E-state index in [9.17, 15) is 13.6 Å². The van der Waals surface area contributed by atoms with Gasteiger partial charge < -0.3 is 9.47 Å². The maximum absolute atomic E-state index is 13.0. The molecule has 0 aliphatic carbocycles. The Bertz CT molecular complexity index is 343. The van der Waals surface area contributed by atoms with Gasteiger partial charge in [-0.2, -0.15) is 8.78 Å². The molecule has 0 aliphatic rings. The van der Waals surface area contributed by atoms with E-state index >= 15 is 0 Å². The van der Waals surface area contributed by atoms with E-state index in [0.29, 0.717) is 5.56 Å². The zero-order chi connectivity index (χ0) is 12.0. The molecule has 0 N–H and O–H groups in total. The number of halogens is 2. The molecule has 0 bridgehead atoms. The fourth-order valence-electron chi connectivity index (χ4n) is 0.932. The molecule has 88 valence electrons. The zero-order valence-electron chi connectivity index (χ0n) is 8.65. The average Bonchev–Trinajstić information content (AvgIpc) is 2.28. The highest BCUT2D eigenvalue weighted by Crippen LogP contribution is 2.19. The van der Waals surface area contributed by atoms with Crippen LogP contribution in [0.25, 0.3) is 0 Å². The van der Waals surface area contributed by atoms with Crippen LogP contribution < -0.4 is 0 Å². The van der Waals surface area contributed by atoms with Gasteiger partial charge in [0.15, 0.2) is 0 Å². The van der Waals surface area contributed by atoms with Crippen molar-refractivity contribution < 1.29 is 23.0 Å². The lowest BCUT2D eigenvalue weighted by Crippen LogP contribution is -2.33. The summed E-state index contributed by atoms with van der Waals surface area (Å²) in [6.07, 6.45) is -1.04. The molecule has 0 radical (unpaired) electrons. The van der Waals surface area contributed by atoms with E-state index in [-0.39, 0.29) is 6.61 Å². The smallest absolute Gasteiger partial charge is 0.456 e. The summed E-state index contributed by atoms with van der Waals surface area (Å²) in [5, 5.41) is 0. The molecule has 0 aliphatic heterocycles. The molecule has 1 rings (SSSR count). The zero-order valence-corrected chi connectivity index (χ0v) is 8.65. The Morgan fingerprint density at radius 2 is 2.31 bits per heavy atom. The average molecular weight is 231 g/mol. The minimum atomic E-state index is -3.92. The highest BCUT2D eigenvalue weighted by atomic mass is 19.3. The van der Waals surface area contributed by atoms with Crippen LogP contribution in [0.15, 0.2) is 24.5 Å². The number of esters is 1. The summed E-state index contributed by atoms with van der Waals surface area (Å²) in [6, 6.07) is 3.15. The van der Waals surface area contributed by atoms with Crippen molar-refractivity contribution in [1.82, 2.24) is 4.98 Å². The van der Waals surface area contributed by atoms with Gasteiger partial charge in [-0.15, -0.1) is 0 Å². The van der Waals surface area contributed by atoms with E-state index in [0.717, 1.165) is 0 Å². The molecule has 16 heavy (non-hydrogen) atoms. The van der Waals surface area contributed by atoms with Gasteiger partial charge in [0.25, 0.3) is 0 Å². The third-order valence-corrected chi connectivity index (χ3v) is 1.66. The third-order valence-electron chi connectivity index (χ3n) is 1.66. The second-order valence-electron chi connectivity index (χ2n) is 2.89. The van der Waals surface area contributed by atoms with E-state index in [1.165, 1.54) is 19.3 Å². The number of carbonyl (C=O) groups excluding carboxylic acids is 1. The number of hydrogen-bond acceptors (Lipinski definition) is 4. The molecular weight excluding hydrogens is 220 g/mol. The minimum absolute atomic E-state index is 0.120. The molecule has 0 amide bonds. The fraction of sp³-hybridized carbons (Fsp3) is 0.400. The molecular formula is C10H11F2NO3. The van der Waals surface area contributed by atoms with E-state index in [1.807, 2.05) is 0 Å². The minimum Gasteiger partial charge on any atom is -0.460 e. The number of nitrogens with zero attached hydrogens (tertiary/aromatic N) is 1. The first kappa shape index (κ1) is 12.5. The topological polar surface area (TPSA) is 48.4 Å². The molecule has 0 saturated heterocycles.